The lowest BCUT2D eigenvalue weighted by Crippen LogP contribution is -2.51. The average Bonchev–Trinajstić information content (AvgIpc) is 3.28. The van der Waals surface area contributed by atoms with E-state index in [4.69, 9.17) is 4.74 Å². The Balaban J connectivity index is 1.38. The van der Waals surface area contributed by atoms with E-state index >= 15 is 0 Å². The van der Waals surface area contributed by atoms with Crippen molar-refractivity contribution in [2.75, 3.05) is 0 Å². The quantitative estimate of drug-likeness (QED) is 0.244. The van der Waals surface area contributed by atoms with Crippen LogP contribution in [0, 0.1) is 10.1 Å². The van der Waals surface area contributed by atoms with E-state index in [0.29, 0.717) is 16.8 Å². The van der Waals surface area contributed by atoms with E-state index in [2.05, 4.69) is 10.3 Å². The fourth-order valence-corrected chi connectivity index (χ4v) is 3.90. The molecule has 1 unspecified atom stereocenters. The SMILES string of the molecule is Cn1cc(C=C2C(=O)N3C(C(=O)OCc4ccc([N+](=O)[O-])cc4)=CSC23)nn1. The van der Waals surface area contributed by atoms with Crippen molar-refractivity contribution >= 4 is 35.4 Å². The number of thioether (sulfide) groups is 1. The van der Waals surface area contributed by atoms with E-state index in [1.165, 1.54) is 45.6 Å². The molecule has 11 heteroatoms. The molecule has 0 saturated carbocycles. The van der Waals surface area contributed by atoms with E-state index < -0.39 is 10.9 Å². The number of carbonyl (C=O) groups is 2. The highest BCUT2D eigenvalue weighted by atomic mass is 32.2. The molecule has 1 fully saturated rings. The van der Waals surface area contributed by atoms with Gasteiger partial charge in [-0.05, 0) is 23.8 Å². The number of ether oxygens (including phenoxy) is 1. The fourth-order valence-electron chi connectivity index (χ4n) is 2.79. The smallest absolute Gasteiger partial charge is 0.355 e. The minimum absolute atomic E-state index is 0.0404. The monoisotopic (exact) mass is 399 g/mol. The minimum atomic E-state index is -0.625. The highest BCUT2D eigenvalue weighted by Gasteiger charge is 2.49. The molecular formula is C17H13N5O5S. The number of nitrogens with zero attached hydrogens (tertiary/aromatic N) is 5. The van der Waals surface area contributed by atoms with Gasteiger partial charge in [-0.1, -0.05) is 5.21 Å². The lowest BCUT2D eigenvalue weighted by atomic mass is 10.0. The largest absolute Gasteiger partial charge is 0.456 e. The van der Waals surface area contributed by atoms with Gasteiger partial charge in [0.05, 0.1) is 16.7 Å². The molecule has 0 spiro atoms. The summed E-state index contributed by atoms with van der Waals surface area (Å²) in [6.45, 7) is -0.0478. The van der Waals surface area contributed by atoms with Crippen LogP contribution in [0.25, 0.3) is 6.08 Å². The van der Waals surface area contributed by atoms with Crippen molar-refractivity contribution in [2.24, 2.45) is 7.05 Å². The Hall–Kier alpha value is -3.47. The summed E-state index contributed by atoms with van der Waals surface area (Å²) in [6, 6.07) is 5.71. The van der Waals surface area contributed by atoms with Crippen LogP contribution in [0.3, 0.4) is 0 Å². The molecule has 28 heavy (non-hydrogen) atoms. The van der Waals surface area contributed by atoms with Gasteiger partial charge >= 0.3 is 5.97 Å². The first-order valence-corrected chi connectivity index (χ1v) is 9.06. The van der Waals surface area contributed by atoms with E-state index in [9.17, 15) is 19.7 Å². The van der Waals surface area contributed by atoms with E-state index in [1.54, 1.807) is 24.7 Å². The predicted octanol–water partition coefficient (Wildman–Crippen LogP) is 1.61. The van der Waals surface area contributed by atoms with Gasteiger partial charge in [-0.3, -0.25) is 24.5 Å². The second kappa shape index (κ2) is 6.93. The molecule has 1 atom stereocenters. The zero-order chi connectivity index (χ0) is 19.8. The zero-order valence-corrected chi connectivity index (χ0v) is 15.3. The van der Waals surface area contributed by atoms with Crippen LogP contribution in [-0.4, -0.2) is 42.1 Å². The van der Waals surface area contributed by atoms with Crippen molar-refractivity contribution in [2.45, 2.75) is 12.0 Å². The van der Waals surface area contributed by atoms with Crippen molar-refractivity contribution in [1.82, 2.24) is 19.9 Å². The van der Waals surface area contributed by atoms with Crippen molar-refractivity contribution < 1.29 is 19.2 Å². The lowest BCUT2D eigenvalue weighted by molar-refractivity contribution is -0.384. The predicted molar refractivity (Wildman–Crippen MR) is 98.2 cm³/mol. The Kier molecular flexibility index (Phi) is 4.43. The van der Waals surface area contributed by atoms with E-state index in [0.717, 1.165) is 0 Å². The fraction of sp³-hybridized carbons (Fsp3) is 0.176. The van der Waals surface area contributed by atoms with Crippen LogP contribution >= 0.6 is 11.8 Å². The van der Waals surface area contributed by atoms with Gasteiger partial charge in [0.15, 0.2) is 0 Å². The first-order valence-electron chi connectivity index (χ1n) is 8.11. The number of non-ortho nitro benzene ring substituents is 1. The summed E-state index contributed by atoms with van der Waals surface area (Å²) in [5.74, 6) is -0.903. The number of benzene rings is 1. The molecule has 0 aliphatic carbocycles. The maximum absolute atomic E-state index is 12.4. The van der Waals surface area contributed by atoms with Crippen LogP contribution in [-0.2, 0) is 28.0 Å². The van der Waals surface area contributed by atoms with E-state index in [-0.39, 0.29) is 29.3 Å². The molecule has 2 aromatic rings. The first-order chi connectivity index (χ1) is 13.4. The van der Waals surface area contributed by atoms with Crippen LogP contribution in [0.1, 0.15) is 11.3 Å². The molecule has 0 radical (unpaired) electrons. The number of nitro groups is 1. The third kappa shape index (κ3) is 3.16. The molecular weight excluding hydrogens is 386 g/mol. The van der Waals surface area contributed by atoms with Crippen molar-refractivity contribution in [3.8, 4) is 0 Å². The highest BCUT2D eigenvalue weighted by molar-refractivity contribution is 8.03. The first kappa shape index (κ1) is 17.9. The molecule has 10 nitrogen and oxygen atoms in total. The summed E-state index contributed by atoms with van der Waals surface area (Å²) >= 11 is 1.34. The van der Waals surface area contributed by atoms with Gasteiger partial charge in [-0.25, -0.2) is 4.79 Å². The van der Waals surface area contributed by atoms with Crippen LogP contribution in [0.15, 0.2) is 47.1 Å². The van der Waals surface area contributed by atoms with Crippen molar-refractivity contribution in [3.05, 3.63) is 68.5 Å². The summed E-state index contributed by atoms with van der Waals surface area (Å²) in [5.41, 5.74) is 1.86. The Bertz CT molecular complexity index is 1040. The number of aromatic nitrogens is 3. The van der Waals surface area contributed by atoms with Gasteiger partial charge in [0.2, 0.25) is 0 Å². The number of carbonyl (C=O) groups excluding carboxylic acids is 2. The second-order valence-electron chi connectivity index (χ2n) is 6.08. The topological polar surface area (TPSA) is 120 Å². The lowest BCUT2D eigenvalue weighted by Gasteiger charge is -2.37. The third-order valence-electron chi connectivity index (χ3n) is 4.18. The maximum Gasteiger partial charge on any atom is 0.355 e. The normalized spacial score (nSPS) is 19.2. The summed E-state index contributed by atoms with van der Waals surface area (Å²) in [4.78, 5) is 36.3. The maximum atomic E-state index is 12.4. The Morgan fingerprint density at radius 2 is 2.14 bits per heavy atom. The van der Waals surface area contributed by atoms with Gasteiger partial charge in [0.25, 0.3) is 11.6 Å². The summed E-state index contributed by atoms with van der Waals surface area (Å²) in [6.07, 6.45) is 3.35. The minimum Gasteiger partial charge on any atom is -0.456 e. The van der Waals surface area contributed by atoms with Gasteiger partial charge in [-0.15, -0.1) is 16.9 Å². The van der Waals surface area contributed by atoms with Crippen molar-refractivity contribution in [1.29, 1.82) is 0 Å². The number of amides is 1. The molecule has 1 aromatic carbocycles. The van der Waals surface area contributed by atoms with Crippen LogP contribution in [0.2, 0.25) is 0 Å². The third-order valence-corrected chi connectivity index (χ3v) is 5.27. The number of aryl methyl sites for hydroxylation is 1. The number of esters is 1. The molecule has 142 valence electrons. The molecule has 4 rings (SSSR count). The molecule has 3 heterocycles. The number of rotatable bonds is 5. The number of hydrogen-bond donors (Lipinski definition) is 0. The average molecular weight is 399 g/mol. The molecule has 1 saturated heterocycles. The Morgan fingerprint density at radius 3 is 2.79 bits per heavy atom. The summed E-state index contributed by atoms with van der Waals surface area (Å²) in [7, 11) is 1.73. The molecule has 2 aliphatic heterocycles. The standard InChI is InChI=1S/C17H13N5O5S/c1-20-7-11(18-19-20)6-13-15(23)21-14(9-28-16(13)21)17(24)27-8-10-2-4-12(5-3-10)22(25)26/h2-7,9,16H,8H2,1H3. The molecule has 0 N–H and O–H groups in total. The highest BCUT2D eigenvalue weighted by Crippen LogP contribution is 2.45. The van der Waals surface area contributed by atoms with Crippen LogP contribution < -0.4 is 0 Å². The number of hydrogen-bond acceptors (Lipinski definition) is 8. The number of fused-ring (bicyclic) bond motifs is 1. The van der Waals surface area contributed by atoms with Gasteiger partial charge in [0, 0.05) is 24.6 Å². The second-order valence-corrected chi connectivity index (χ2v) is 7.04. The number of nitro benzene ring substituents is 1. The molecule has 1 aromatic heterocycles. The molecule has 0 bridgehead atoms. The molecule has 2 aliphatic rings. The van der Waals surface area contributed by atoms with Crippen LogP contribution in [0.4, 0.5) is 5.69 Å². The van der Waals surface area contributed by atoms with Gasteiger partial charge < -0.3 is 4.74 Å². The summed E-state index contributed by atoms with van der Waals surface area (Å²) in [5, 5.41) is 19.7. The number of β-lactam (4-membered cyclic amide) rings is 1. The Morgan fingerprint density at radius 1 is 1.39 bits per heavy atom. The molecule has 1 amide bonds. The van der Waals surface area contributed by atoms with Gasteiger partial charge in [-0.2, -0.15) is 0 Å². The van der Waals surface area contributed by atoms with Crippen LogP contribution in [0.5, 0.6) is 0 Å². The zero-order valence-electron chi connectivity index (χ0n) is 14.5. The van der Waals surface area contributed by atoms with Gasteiger partial charge in [0.1, 0.15) is 23.4 Å². The van der Waals surface area contributed by atoms with E-state index in [1.807, 2.05) is 0 Å². The van der Waals surface area contributed by atoms with Crippen molar-refractivity contribution in [3.63, 3.8) is 0 Å². The summed E-state index contributed by atoms with van der Waals surface area (Å²) < 4.78 is 6.78. The Labute approximate surface area is 162 Å².